The van der Waals surface area contributed by atoms with Crippen LogP contribution in [0.15, 0.2) is 30.3 Å². The molecule has 0 aromatic heterocycles. The van der Waals surface area contributed by atoms with E-state index in [2.05, 4.69) is 0 Å². The number of primary amides is 1. The van der Waals surface area contributed by atoms with Crippen LogP contribution in [0.3, 0.4) is 0 Å². The Morgan fingerprint density at radius 1 is 1.13 bits per heavy atom. The van der Waals surface area contributed by atoms with Crippen LogP contribution in [0.1, 0.15) is 18.4 Å². The lowest BCUT2D eigenvalue weighted by atomic mass is 9.95. The van der Waals surface area contributed by atoms with Gasteiger partial charge < -0.3 is 20.3 Å². The van der Waals surface area contributed by atoms with Gasteiger partial charge in [-0.1, -0.05) is 30.3 Å². The molecule has 1 atom stereocenters. The quantitative estimate of drug-likeness (QED) is 0.907. The number of hydrogen-bond donors (Lipinski definition) is 1. The zero-order valence-electron chi connectivity index (χ0n) is 13.2. The third-order valence-electron chi connectivity index (χ3n) is 4.57. The fourth-order valence-electron chi connectivity index (χ4n) is 3.15. The molecule has 2 heterocycles. The van der Waals surface area contributed by atoms with Crippen molar-refractivity contribution in [1.29, 1.82) is 0 Å². The number of amides is 3. The molecule has 1 aromatic rings. The van der Waals surface area contributed by atoms with Crippen LogP contribution in [-0.4, -0.2) is 54.0 Å². The molecule has 23 heavy (non-hydrogen) atoms. The molecule has 1 unspecified atom stereocenters. The highest BCUT2D eigenvalue weighted by Crippen LogP contribution is 2.23. The summed E-state index contributed by atoms with van der Waals surface area (Å²) in [5.41, 5.74) is 6.45. The molecule has 0 spiro atoms. The van der Waals surface area contributed by atoms with Gasteiger partial charge in [0.25, 0.3) is 0 Å². The third kappa shape index (κ3) is 3.82. The standard InChI is InChI=1S/C17H23N3O3/c18-17(22)19-8-4-7-14(9-19)16(21)20-10-15(11-20)23-12-13-5-2-1-3-6-13/h1-3,5-6,14-15H,4,7-12H2,(H2,18,22). The largest absolute Gasteiger partial charge is 0.370 e. The van der Waals surface area contributed by atoms with E-state index in [9.17, 15) is 9.59 Å². The summed E-state index contributed by atoms with van der Waals surface area (Å²) in [5, 5.41) is 0. The van der Waals surface area contributed by atoms with Crippen LogP contribution < -0.4 is 5.73 Å². The SMILES string of the molecule is NC(=O)N1CCCC(C(=O)N2CC(OCc3ccccc3)C2)C1. The molecule has 2 aliphatic heterocycles. The van der Waals surface area contributed by atoms with Crippen LogP contribution in [0, 0.1) is 5.92 Å². The van der Waals surface area contributed by atoms with Crippen LogP contribution in [0.25, 0.3) is 0 Å². The monoisotopic (exact) mass is 317 g/mol. The minimum Gasteiger partial charge on any atom is -0.370 e. The summed E-state index contributed by atoms with van der Waals surface area (Å²) < 4.78 is 5.81. The fourth-order valence-corrected chi connectivity index (χ4v) is 3.15. The average molecular weight is 317 g/mol. The molecular weight excluding hydrogens is 294 g/mol. The number of nitrogens with zero attached hydrogens (tertiary/aromatic N) is 2. The summed E-state index contributed by atoms with van der Waals surface area (Å²) in [6.45, 7) is 2.95. The van der Waals surface area contributed by atoms with E-state index in [1.807, 2.05) is 35.2 Å². The Bertz CT molecular complexity index is 557. The number of rotatable bonds is 4. The molecule has 2 N–H and O–H groups in total. The Labute approximate surface area is 136 Å². The van der Waals surface area contributed by atoms with E-state index in [1.165, 1.54) is 0 Å². The second-order valence-electron chi connectivity index (χ2n) is 6.29. The van der Waals surface area contributed by atoms with E-state index >= 15 is 0 Å². The first-order valence-corrected chi connectivity index (χ1v) is 8.12. The number of carbonyl (C=O) groups is 2. The summed E-state index contributed by atoms with van der Waals surface area (Å²) in [7, 11) is 0. The first-order valence-electron chi connectivity index (χ1n) is 8.12. The highest BCUT2D eigenvalue weighted by molar-refractivity contribution is 5.81. The normalized spacial score (nSPS) is 21.8. The van der Waals surface area contributed by atoms with Crippen LogP contribution in [0.2, 0.25) is 0 Å². The Hall–Kier alpha value is -2.08. The second-order valence-corrected chi connectivity index (χ2v) is 6.29. The minimum atomic E-state index is -0.435. The topological polar surface area (TPSA) is 75.9 Å². The molecule has 2 aliphatic rings. The lowest BCUT2D eigenvalue weighted by Crippen LogP contribution is -2.58. The van der Waals surface area contributed by atoms with Crippen molar-refractivity contribution in [3.05, 3.63) is 35.9 Å². The van der Waals surface area contributed by atoms with E-state index < -0.39 is 6.03 Å². The van der Waals surface area contributed by atoms with E-state index in [0.29, 0.717) is 32.8 Å². The average Bonchev–Trinajstić information content (AvgIpc) is 2.54. The van der Waals surface area contributed by atoms with Crippen molar-refractivity contribution in [2.45, 2.75) is 25.6 Å². The Kier molecular flexibility index (Phi) is 4.81. The van der Waals surface area contributed by atoms with Crippen LogP contribution in [0.5, 0.6) is 0 Å². The van der Waals surface area contributed by atoms with Crippen molar-refractivity contribution in [2.24, 2.45) is 11.7 Å². The molecule has 0 radical (unpaired) electrons. The Balaban J connectivity index is 1.42. The Morgan fingerprint density at radius 3 is 2.57 bits per heavy atom. The fraction of sp³-hybridized carbons (Fsp3) is 0.529. The highest BCUT2D eigenvalue weighted by atomic mass is 16.5. The molecule has 2 saturated heterocycles. The molecule has 2 fully saturated rings. The maximum absolute atomic E-state index is 12.5. The van der Waals surface area contributed by atoms with Crippen molar-refractivity contribution in [3.8, 4) is 0 Å². The lowest BCUT2D eigenvalue weighted by molar-refractivity contribution is -0.151. The first kappa shape index (κ1) is 15.8. The zero-order chi connectivity index (χ0) is 16.2. The van der Waals surface area contributed by atoms with E-state index in [0.717, 1.165) is 18.4 Å². The van der Waals surface area contributed by atoms with Gasteiger partial charge in [0.05, 0.1) is 18.6 Å². The summed E-state index contributed by atoms with van der Waals surface area (Å²) >= 11 is 0. The zero-order valence-corrected chi connectivity index (χ0v) is 13.2. The van der Waals surface area contributed by atoms with Gasteiger partial charge in [0.1, 0.15) is 0 Å². The predicted molar refractivity (Wildman–Crippen MR) is 85.5 cm³/mol. The number of urea groups is 1. The molecule has 0 aliphatic carbocycles. The summed E-state index contributed by atoms with van der Waals surface area (Å²) in [5.74, 6) is 0.00170. The number of hydrogen-bond acceptors (Lipinski definition) is 3. The van der Waals surface area contributed by atoms with Gasteiger partial charge in [-0.25, -0.2) is 4.79 Å². The summed E-state index contributed by atoms with van der Waals surface area (Å²) in [6, 6.07) is 9.58. The molecule has 0 bridgehead atoms. The smallest absolute Gasteiger partial charge is 0.314 e. The van der Waals surface area contributed by atoms with Crippen molar-refractivity contribution in [3.63, 3.8) is 0 Å². The highest BCUT2D eigenvalue weighted by Gasteiger charge is 2.37. The van der Waals surface area contributed by atoms with Gasteiger partial charge in [0.2, 0.25) is 5.91 Å². The van der Waals surface area contributed by atoms with Gasteiger partial charge in [-0.15, -0.1) is 0 Å². The number of nitrogens with two attached hydrogens (primary N) is 1. The van der Waals surface area contributed by atoms with Gasteiger partial charge in [-0.05, 0) is 18.4 Å². The molecule has 3 rings (SSSR count). The molecule has 6 nitrogen and oxygen atoms in total. The molecule has 124 valence electrons. The molecule has 6 heteroatoms. The van der Waals surface area contributed by atoms with Crippen molar-refractivity contribution in [1.82, 2.24) is 9.80 Å². The van der Waals surface area contributed by atoms with Crippen molar-refractivity contribution < 1.29 is 14.3 Å². The van der Waals surface area contributed by atoms with Gasteiger partial charge in [-0.2, -0.15) is 0 Å². The number of benzene rings is 1. The third-order valence-corrected chi connectivity index (χ3v) is 4.57. The molecule has 0 saturated carbocycles. The number of ether oxygens (including phenoxy) is 1. The maximum Gasteiger partial charge on any atom is 0.314 e. The predicted octanol–water partition coefficient (Wildman–Crippen LogP) is 1.20. The molecule has 1 aromatic carbocycles. The van der Waals surface area contributed by atoms with Gasteiger partial charge in [-0.3, -0.25) is 4.79 Å². The number of piperidine rings is 1. The molecular formula is C17H23N3O3. The number of likely N-dealkylation sites (tertiary alicyclic amines) is 2. The first-order chi connectivity index (χ1) is 11.1. The van der Waals surface area contributed by atoms with Crippen LogP contribution >= 0.6 is 0 Å². The van der Waals surface area contributed by atoms with Gasteiger partial charge >= 0.3 is 6.03 Å². The van der Waals surface area contributed by atoms with Crippen molar-refractivity contribution in [2.75, 3.05) is 26.2 Å². The van der Waals surface area contributed by atoms with E-state index in [-0.39, 0.29) is 17.9 Å². The number of carbonyl (C=O) groups excluding carboxylic acids is 2. The van der Waals surface area contributed by atoms with Gasteiger partial charge in [0.15, 0.2) is 0 Å². The van der Waals surface area contributed by atoms with Crippen LogP contribution in [-0.2, 0) is 16.1 Å². The minimum absolute atomic E-state index is 0.106. The van der Waals surface area contributed by atoms with Crippen molar-refractivity contribution >= 4 is 11.9 Å². The second kappa shape index (κ2) is 7.00. The van der Waals surface area contributed by atoms with E-state index in [4.69, 9.17) is 10.5 Å². The van der Waals surface area contributed by atoms with Crippen LogP contribution in [0.4, 0.5) is 4.79 Å². The summed E-state index contributed by atoms with van der Waals surface area (Å²) in [4.78, 5) is 27.1. The Morgan fingerprint density at radius 2 is 1.87 bits per heavy atom. The van der Waals surface area contributed by atoms with Gasteiger partial charge in [0, 0.05) is 26.2 Å². The molecule has 3 amide bonds. The van der Waals surface area contributed by atoms with E-state index in [1.54, 1.807) is 4.90 Å². The maximum atomic E-state index is 12.5. The lowest BCUT2D eigenvalue weighted by Gasteiger charge is -2.42. The summed E-state index contributed by atoms with van der Waals surface area (Å²) in [6.07, 6.45) is 1.77.